The van der Waals surface area contributed by atoms with Crippen LogP contribution in [0.2, 0.25) is 10.0 Å². The monoisotopic (exact) mass is 789 g/mol. The molecular formula is C34H39Cl2F2N3O8S2. The van der Waals surface area contributed by atoms with Crippen LogP contribution in [0.4, 0.5) is 14.5 Å². The second-order valence-electron chi connectivity index (χ2n) is 12.5. The molecule has 3 aromatic carbocycles. The molecule has 1 aliphatic carbocycles. The molecule has 1 aliphatic heterocycles. The molecule has 2 atom stereocenters. The summed E-state index contributed by atoms with van der Waals surface area (Å²) < 4.78 is 71.5. The number of sulfonamides is 1. The number of carbonyl (C=O) groups excluding carboxylic acids is 2. The molecule has 11 nitrogen and oxygen atoms in total. The highest BCUT2D eigenvalue weighted by molar-refractivity contribution is 7.88. The van der Waals surface area contributed by atoms with E-state index in [4.69, 9.17) is 32.7 Å². The van der Waals surface area contributed by atoms with Gasteiger partial charge in [0.2, 0.25) is 10.0 Å². The Kier molecular flexibility index (Phi) is 14.0. The molecule has 17 heteroatoms. The first-order valence-corrected chi connectivity index (χ1v) is 18.3. The van der Waals surface area contributed by atoms with Gasteiger partial charge in [-0.15, -0.1) is 0 Å². The predicted octanol–water partition coefficient (Wildman–Crippen LogP) is 5.71. The van der Waals surface area contributed by atoms with Gasteiger partial charge < -0.3 is 29.8 Å². The lowest BCUT2D eigenvalue weighted by molar-refractivity contribution is -0.497. The van der Waals surface area contributed by atoms with Crippen LogP contribution in [0, 0.1) is 11.1 Å². The van der Waals surface area contributed by atoms with Crippen LogP contribution in [0.25, 0.3) is 0 Å². The molecule has 1 amide bonds. The van der Waals surface area contributed by atoms with E-state index in [1.165, 1.54) is 41.3 Å². The number of esters is 1. The molecule has 2 N–H and O–H groups in total. The maximum Gasteiger partial charge on any atom is 0.387 e. The fourth-order valence-corrected chi connectivity index (χ4v) is 8.11. The van der Waals surface area contributed by atoms with Crippen molar-refractivity contribution in [2.45, 2.75) is 56.6 Å². The van der Waals surface area contributed by atoms with Crippen molar-refractivity contribution >= 4 is 64.3 Å². The maximum absolute atomic E-state index is 13.9. The maximum atomic E-state index is 13.9. The Labute approximate surface area is 312 Å². The average molecular weight is 791 g/mol. The zero-order chi connectivity index (χ0) is 36.2. The van der Waals surface area contributed by atoms with Crippen molar-refractivity contribution in [3.05, 3.63) is 92.1 Å². The number of rotatable bonds is 15. The van der Waals surface area contributed by atoms with Crippen LogP contribution in [0.5, 0.6) is 11.5 Å². The van der Waals surface area contributed by atoms with Gasteiger partial charge in [-0.05, 0) is 72.6 Å². The quantitative estimate of drug-likeness (QED) is 0.117. The smallest absolute Gasteiger partial charge is 0.387 e. The number of alkyl halides is 2. The van der Waals surface area contributed by atoms with E-state index in [9.17, 15) is 32.0 Å². The molecule has 1 saturated heterocycles. The molecule has 2 fully saturated rings. The van der Waals surface area contributed by atoms with Crippen molar-refractivity contribution in [2.24, 2.45) is 5.92 Å². The summed E-state index contributed by atoms with van der Waals surface area (Å²) in [7, 11) is -0.874. The number of nitrogens with zero attached hydrogens (tertiary/aromatic N) is 2. The lowest BCUT2D eigenvalue weighted by Crippen LogP contribution is -2.70. The van der Waals surface area contributed by atoms with Crippen molar-refractivity contribution in [3.8, 4) is 11.5 Å². The second-order valence-corrected chi connectivity index (χ2v) is 15.2. The number of carbonyl (C=O) groups is 2. The first-order valence-electron chi connectivity index (χ1n) is 15.9. The van der Waals surface area contributed by atoms with Crippen molar-refractivity contribution in [2.75, 3.05) is 27.2 Å². The Bertz CT molecular complexity index is 1810. The predicted molar refractivity (Wildman–Crippen MR) is 192 cm³/mol. The summed E-state index contributed by atoms with van der Waals surface area (Å²) in [5.74, 6) is -1.47. The van der Waals surface area contributed by atoms with E-state index in [0.29, 0.717) is 34.2 Å². The van der Waals surface area contributed by atoms with Gasteiger partial charge >= 0.3 is 12.6 Å². The normalized spacial score (nSPS) is 16.7. The Morgan fingerprint density at radius 2 is 1.75 bits per heavy atom. The fourth-order valence-electron chi connectivity index (χ4n) is 5.70. The topological polar surface area (TPSA) is 142 Å². The van der Waals surface area contributed by atoms with E-state index in [-0.39, 0.29) is 78.5 Å². The lowest BCUT2D eigenvalue weighted by Gasteiger charge is -2.26. The fraction of sp³-hybridized carbons (Fsp3) is 0.412. The molecule has 1 heterocycles. The van der Waals surface area contributed by atoms with Crippen LogP contribution < -0.4 is 15.0 Å². The molecule has 3 aromatic rings. The highest BCUT2D eigenvalue weighted by Crippen LogP contribution is 2.39. The zero-order valence-electron chi connectivity index (χ0n) is 27.8. The summed E-state index contributed by atoms with van der Waals surface area (Å²) in [6.45, 7) is -2.76. The molecular weight excluding hydrogens is 751 g/mol. The molecule has 0 radical (unpaired) electrons. The number of hydrogen-bond donors (Lipinski definition) is 1. The van der Waals surface area contributed by atoms with E-state index in [0.717, 1.165) is 17.1 Å². The standard InChI is InChI=1S/C34H37Cl2F2N3O8S.H2S/c1-40(2)32(42)23-6-3-5-21(13-23)19-50(45,46)41-12-4-7-28(41)33(43)48-30(17-25-26(35)15-24(39-44)16-27(25)36)22-10-11-29(49-34(37)38)31(14-22)47-18-20-8-9-20;/h3,5-6,10-11,13-16,20,28,30,34H,4,7-9,12,17-19,39H2,1-2H3;1H2/t28-,30-;/m0./s1. The number of ether oxygens (including phenoxy) is 3. The molecule has 5 rings (SSSR count). The minimum absolute atomic E-state index is 0. The average Bonchev–Trinajstić information content (AvgIpc) is 3.75. The third kappa shape index (κ3) is 10.5. The minimum Gasteiger partial charge on any atom is -0.630 e. The highest BCUT2D eigenvalue weighted by Gasteiger charge is 2.41. The van der Waals surface area contributed by atoms with E-state index in [1.807, 2.05) is 0 Å². The van der Waals surface area contributed by atoms with Crippen LogP contribution in [-0.2, 0) is 31.7 Å². The van der Waals surface area contributed by atoms with Gasteiger partial charge in [-0.2, -0.15) is 26.6 Å². The van der Waals surface area contributed by atoms with Crippen LogP contribution in [0.15, 0.2) is 54.6 Å². The Balaban J connectivity index is 0.00000583. The van der Waals surface area contributed by atoms with E-state index in [2.05, 4.69) is 4.74 Å². The molecule has 2 aliphatic rings. The van der Waals surface area contributed by atoms with Gasteiger partial charge in [-0.3, -0.25) is 9.59 Å². The number of hydrogen-bond acceptors (Lipinski definition) is 8. The number of amides is 1. The first-order chi connectivity index (χ1) is 23.7. The first kappa shape index (κ1) is 40.6. The number of halogens is 4. The van der Waals surface area contributed by atoms with Gasteiger partial charge in [-0.1, -0.05) is 41.4 Å². The van der Waals surface area contributed by atoms with Crippen LogP contribution >= 0.6 is 36.7 Å². The summed E-state index contributed by atoms with van der Waals surface area (Å²) in [4.78, 5) is 27.7. The van der Waals surface area contributed by atoms with Crippen molar-refractivity contribution in [1.29, 1.82) is 0 Å². The van der Waals surface area contributed by atoms with Gasteiger partial charge in [0.1, 0.15) is 17.8 Å². The SMILES string of the molecule is CN(C)C(=O)c1cccc(CS(=O)(=O)N2CCC[C@H]2C(=O)O[C@@H](Cc2c(Cl)cc([NH2+][O-])cc2Cl)c2ccc(OC(F)F)c(OCC3CC3)c2)c1.S. The van der Waals surface area contributed by atoms with Crippen molar-refractivity contribution in [3.63, 3.8) is 0 Å². The summed E-state index contributed by atoms with van der Waals surface area (Å²) in [5.41, 5.74) is 2.18. The Morgan fingerprint density at radius 1 is 1.04 bits per heavy atom. The molecule has 51 heavy (non-hydrogen) atoms. The van der Waals surface area contributed by atoms with Crippen LogP contribution in [0.1, 0.15) is 58.8 Å². The largest absolute Gasteiger partial charge is 0.630 e. The molecule has 278 valence electrons. The van der Waals surface area contributed by atoms with Gasteiger partial charge in [0.15, 0.2) is 11.5 Å². The van der Waals surface area contributed by atoms with Gasteiger partial charge in [0.25, 0.3) is 5.91 Å². The van der Waals surface area contributed by atoms with Gasteiger partial charge in [0.05, 0.1) is 22.4 Å². The summed E-state index contributed by atoms with van der Waals surface area (Å²) in [6.07, 6.45) is 1.23. The van der Waals surface area contributed by atoms with Gasteiger partial charge in [0, 0.05) is 44.8 Å². The number of quaternary nitrogens is 1. The molecule has 1 saturated carbocycles. The third-order valence-corrected chi connectivity index (χ3v) is 11.0. The summed E-state index contributed by atoms with van der Waals surface area (Å²) >= 11 is 13.0. The third-order valence-electron chi connectivity index (χ3n) is 8.44. The van der Waals surface area contributed by atoms with Crippen LogP contribution in [-0.4, -0.2) is 69.4 Å². The van der Waals surface area contributed by atoms with Crippen molar-refractivity contribution < 1.29 is 46.5 Å². The molecule has 0 aromatic heterocycles. The number of nitrogens with two attached hydrogens (primary N) is 1. The van der Waals surface area contributed by atoms with Crippen molar-refractivity contribution in [1.82, 2.24) is 9.21 Å². The molecule has 0 unspecified atom stereocenters. The second kappa shape index (κ2) is 17.6. The van der Waals surface area contributed by atoms with E-state index in [1.54, 1.807) is 32.3 Å². The zero-order valence-corrected chi connectivity index (χ0v) is 31.1. The summed E-state index contributed by atoms with van der Waals surface area (Å²) in [5, 5.41) is 11.6. The molecule has 0 spiro atoms. The lowest BCUT2D eigenvalue weighted by atomic mass is 10.00. The van der Waals surface area contributed by atoms with Crippen LogP contribution in [0.3, 0.4) is 0 Å². The Morgan fingerprint density at radius 3 is 2.37 bits per heavy atom. The Hall–Kier alpha value is -3.18. The minimum atomic E-state index is -4.06. The van der Waals surface area contributed by atoms with E-state index >= 15 is 0 Å². The van der Waals surface area contributed by atoms with Gasteiger partial charge in [-0.25, -0.2) is 8.42 Å². The van der Waals surface area contributed by atoms with E-state index < -0.39 is 40.5 Å². The molecule has 0 bridgehead atoms. The number of benzene rings is 3. The highest BCUT2D eigenvalue weighted by atomic mass is 35.5. The summed E-state index contributed by atoms with van der Waals surface area (Å²) in [6, 6.07) is 12.1.